The summed E-state index contributed by atoms with van der Waals surface area (Å²) in [7, 11) is 0. The number of allylic oxidation sites excluding steroid dienone is 2. The molecule has 0 atom stereocenters. The zero-order valence-corrected chi connectivity index (χ0v) is 5.99. The van der Waals surface area contributed by atoms with E-state index in [-0.39, 0.29) is 0 Å². The molecule has 0 spiro atoms. The maximum absolute atomic E-state index is 9.88. The van der Waals surface area contributed by atoms with Crippen molar-refractivity contribution in [2.75, 3.05) is 6.26 Å². The Labute approximate surface area is 54.2 Å². The minimum atomic E-state index is 0.567. The molecule has 0 aromatic rings. The van der Waals surface area contributed by atoms with Crippen LogP contribution in [0.15, 0.2) is 11.0 Å². The minimum Gasteiger partial charge on any atom is -0.303 e. The fraction of sp³-hybridized carbons (Fsp3) is 0.500. The molecule has 8 heavy (non-hydrogen) atoms. The van der Waals surface area contributed by atoms with Crippen LogP contribution in [-0.2, 0) is 4.79 Å². The maximum Gasteiger partial charge on any atom is 0.124 e. The van der Waals surface area contributed by atoms with E-state index in [4.69, 9.17) is 0 Å². The topological polar surface area (TPSA) is 17.1 Å². The van der Waals surface area contributed by atoms with Gasteiger partial charge in [0.2, 0.25) is 0 Å². The Bertz CT molecular complexity index is 96.7. The molecule has 0 N–H and O–H groups in total. The molecular formula is C6H10OS. The molecule has 0 bridgehead atoms. The van der Waals surface area contributed by atoms with Crippen molar-refractivity contribution in [3.05, 3.63) is 11.0 Å². The Morgan fingerprint density at radius 3 is 2.50 bits per heavy atom. The molecule has 0 aliphatic heterocycles. The Morgan fingerprint density at radius 1 is 1.75 bits per heavy atom. The molecule has 0 fully saturated rings. The number of hydrogen-bond donors (Lipinski definition) is 0. The van der Waals surface area contributed by atoms with E-state index in [1.165, 1.54) is 0 Å². The van der Waals surface area contributed by atoms with E-state index in [1.54, 1.807) is 11.8 Å². The Hall–Kier alpha value is -0.240. The summed E-state index contributed by atoms with van der Waals surface area (Å²) in [4.78, 5) is 11.0. The van der Waals surface area contributed by atoms with Gasteiger partial charge in [-0.2, -0.15) is 0 Å². The van der Waals surface area contributed by atoms with Crippen LogP contribution >= 0.6 is 11.8 Å². The minimum absolute atomic E-state index is 0.567. The van der Waals surface area contributed by atoms with E-state index in [1.807, 2.05) is 19.3 Å². The molecule has 0 amide bonds. The first-order valence-electron chi connectivity index (χ1n) is 2.48. The van der Waals surface area contributed by atoms with Crippen LogP contribution in [0, 0.1) is 0 Å². The van der Waals surface area contributed by atoms with Crippen LogP contribution in [0.1, 0.15) is 13.3 Å². The summed E-state index contributed by atoms with van der Waals surface area (Å²) in [5.41, 5.74) is 0. The number of carbonyl (C=O) groups is 1. The largest absolute Gasteiger partial charge is 0.303 e. The molecule has 0 aliphatic carbocycles. The standard InChI is InChI=1S/C6H10OS/c1-3-6(8-2)4-5-7/h3,5H,4H2,1-2H3/b6-3-. The maximum atomic E-state index is 9.88. The van der Waals surface area contributed by atoms with Crippen LogP contribution in [0.2, 0.25) is 0 Å². The highest BCUT2D eigenvalue weighted by Crippen LogP contribution is 2.12. The zero-order chi connectivity index (χ0) is 6.41. The van der Waals surface area contributed by atoms with Gasteiger partial charge in [0.05, 0.1) is 0 Å². The van der Waals surface area contributed by atoms with Crippen molar-refractivity contribution in [1.29, 1.82) is 0 Å². The SMILES string of the molecule is C/C=C(/CC=O)SC. The summed E-state index contributed by atoms with van der Waals surface area (Å²) in [5, 5.41) is 0. The van der Waals surface area contributed by atoms with E-state index in [0.29, 0.717) is 6.42 Å². The van der Waals surface area contributed by atoms with Crippen molar-refractivity contribution < 1.29 is 4.79 Å². The van der Waals surface area contributed by atoms with Crippen LogP contribution in [0.4, 0.5) is 0 Å². The van der Waals surface area contributed by atoms with Gasteiger partial charge in [-0.1, -0.05) is 6.08 Å². The molecule has 1 nitrogen and oxygen atoms in total. The Morgan fingerprint density at radius 2 is 2.38 bits per heavy atom. The predicted octanol–water partition coefficient (Wildman–Crippen LogP) is 1.84. The first-order chi connectivity index (χ1) is 3.85. The van der Waals surface area contributed by atoms with Crippen molar-refractivity contribution in [1.82, 2.24) is 0 Å². The van der Waals surface area contributed by atoms with E-state index in [9.17, 15) is 4.79 Å². The van der Waals surface area contributed by atoms with Gasteiger partial charge in [-0.05, 0) is 18.1 Å². The van der Waals surface area contributed by atoms with Crippen molar-refractivity contribution in [2.24, 2.45) is 0 Å². The second-order valence-corrected chi connectivity index (χ2v) is 2.26. The molecule has 46 valence electrons. The monoisotopic (exact) mass is 130 g/mol. The van der Waals surface area contributed by atoms with Gasteiger partial charge in [0.25, 0.3) is 0 Å². The third kappa shape index (κ3) is 2.86. The van der Waals surface area contributed by atoms with Gasteiger partial charge in [0.1, 0.15) is 6.29 Å². The lowest BCUT2D eigenvalue weighted by molar-refractivity contribution is -0.107. The number of thioether (sulfide) groups is 1. The summed E-state index contributed by atoms with van der Waals surface area (Å²) in [6.07, 6.45) is 5.42. The van der Waals surface area contributed by atoms with Gasteiger partial charge in [0.15, 0.2) is 0 Å². The number of aldehydes is 1. The second kappa shape index (κ2) is 4.91. The summed E-state index contributed by atoms with van der Waals surface area (Å²) in [6, 6.07) is 0. The predicted molar refractivity (Wildman–Crippen MR) is 38.0 cm³/mol. The lowest BCUT2D eigenvalue weighted by Gasteiger charge is -1.92. The smallest absolute Gasteiger partial charge is 0.124 e. The first-order valence-corrected chi connectivity index (χ1v) is 3.70. The van der Waals surface area contributed by atoms with Crippen molar-refractivity contribution in [3.8, 4) is 0 Å². The molecule has 0 aromatic heterocycles. The fourth-order valence-corrected chi connectivity index (χ4v) is 0.872. The summed E-state index contributed by atoms with van der Waals surface area (Å²) < 4.78 is 0. The van der Waals surface area contributed by atoms with Crippen molar-refractivity contribution in [2.45, 2.75) is 13.3 Å². The fourth-order valence-electron chi connectivity index (χ4n) is 0.401. The second-order valence-electron chi connectivity index (χ2n) is 1.33. The highest BCUT2D eigenvalue weighted by molar-refractivity contribution is 8.02. The normalized spacial score (nSPS) is 11.5. The Kier molecular flexibility index (Phi) is 4.76. The first kappa shape index (κ1) is 7.76. The van der Waals surface area contributed by atoms with E-state index in [0.717, 1.165) is 11.2 Å². The lowest BCUT2D eigenvalue weighted by atomic mass is 10.4. The highest BCUT2D eigenvalue weighted by Gasteiger charge is 1.87. The van der Waals surface area contributed by atoms with Gasteiger partial charge in [-0.15, -0.1) is 11.8 Å². The van der Waals surface area contributed by atoms with Gasteiger partial charge < -0.3 is 4.79 Å². The van der Waals surface area contributed by atoms with E-state index < -0.39 is 0 Å². The molecule has 0 saturated carbocycles. The van der Waals surface area contributed by atoms with Crippen molar-refractivity contribution >= 4 is 18.0 Å². The quantitative estimate of drug-likeness (QED) is 0.542. The van der Waals surface area contributed by atoms with Crippen LogP contribution in [-0.4, -0.2) is 12.5 Å². The third-order valence-corrected chi connectivity index (χ3v) is 1.80. The summed E-state index contributed by atoms with van der Waals surface area (Å²) >= 11 is 1.62. The van der Waals surface area contributed by atoms with E-state index >= 15 is 0 Å². The summed E-state index contributed by atoms with van der Waals surface area (Å²) in [5.74, 6) is 0. The number of hydrogen-bond acceptors (Lipinski definition) is 2. The van der Waals surface area contributed by atoms with Gasteiger partial charge >= 0.3 is 0 Å². The van der Waals surface area contributed by atoms with Gasteiger partial charge in [-0.25, -0.2) is 0 Å². The van der Waals surface area contributed by atoms with E-state index in [2.05, 4.69) is 0 Å². The lowest BCUT2D eigenvalue weighted by Crippen LogP contribution is -1.75. The molecule has 0 saturated heterocycles. The molecular weight excluding hydrogens is 120 g/mol. The number of carbonyl (C=O) groups excluding carboxylic acids is 1. The number of rotatable bonds is 3. The average molecular weight is 130 g/mol. The molecule has 0 aromatic carbocycles. The molecule has 0 rings (SSSR count). The molecule has 0 radical (unpaired) electrons. The van der Waals surface area contributed by atoms with Gasteiger partial charge in [-0.3, -0.25) is 0 Å². The molecule has 0 heterocycles. The summed E-state index contributed by atoms with van der Waals surface area (Å²) in [6.45, 7) is 1.94. The van der Waals surface area contributed by atoms with Crippen LogP contribution in [0.3, 0.4) is 0 Å². The van der Waals surface area contributed by atoms with Crippen molar-refractivity contribution in [3.63, 3.8) is 0 Å². The average Bonchev–Trinajstić information content (AvgIpc) is 1.83. The Balaban J connectivity index is 3.53. The van der Waals surface area contributed by atoms with Crippen LogP contribution in [0.5, 0.6) is 0 Å². The van der Waals surface area contributed by atoms with Gasteiger partial charge in [0, 0.05) is 6.42 Å². The molecule has 2 heteroatoms. The molecule has 0 unspecified atom stereocenters. The zero-order valence-electron chi connectivity index (χ0n) is 5.18. The van der Waals surface area contributed by atoms with Crippen LogP contribution in [0.25, 0.3) is 0 Å². The highest BCUT2D eigenvalue weighted by atomic mass is 32.2. The third-order valence-electron chi connectivity index (χ3n) is 0.869. The molecule has 0 aliphatic rings. The van der Waals surface area contributed by atoms with Crippen LogP contribution < -0.4 is 0 Å².